The highest BCUT2D eigenvalue weighted by Gasteiger charge is 2.38. The molecule has 2 aliphatic heterocycles. The van der Waals surface area contributed by atoms with Crippen LogP contribution in [0.2, 0.25) is 0 Å². The number of hydrogen-bond donors (Lipinski definition) is 2. The maximum absolute atomic E-state index is 14.0. The van der Waals surface area contributed by atoms with Crippen LogP contribution in [0.25, 0.3) is 16.5 Å². The summed E-state index contributed by atoms with van der Waals surface area (Å²) in [7, 11) is 0. The van der Waals surface area contributed by atoms with Gasteiger partial charge in [-0.05, 0) is 75.2 Å². The maximum atomic E-state index is 14.0. The molecular formula is C33H38F2N4O5. The molecule has 5 rings (SSSR count). The number of amides is 2. The zero-order valence-electron chi connectivity index (χ0n) is 25.5. The number of ether oxygens (including phenoxy) is 2. The molecule has 1 fully saturated rings. The molecule has 44 heavy (non-hydrogen) atoms. The van der Waals surface area contributed by atoms with E-state index >= 15 is 0 Å². The predicted octanol–water partition coefficient (Wildman–Crippen LogP) is 5.75. The number of benzene rings is 2. The van der Waals surface area contributed by atoms with Crippen LogP contribution in [0.1, 0.15) is 68.6 Å². The summed E-state index contributed by atoms with van der Waals surface area (Å²) in [6.45, 7) is 11.0. The summed E-state index contributed by atoms with van der Waals surface area (Å²) in [4.78, 5) is 46.5. The van der Waals surface area contributed by atoms with Crippen LogP contribution in [0.5, 0.6) is 5.75 Å². The molecule has 1 aromatic heterocycles. The van der Waals surface area contributed by atoms with E-state index < -0.39 is 35.0 Å². The van der Waals surface area contributed by atoms with Crippen LogP contribution < -0.4 is 10.1 Å². The van der Waals surface area contributed by atoms with Gasteiger partial charge in [0, 0.05) is 53.8 Å². The zero-order chi connectivity index (χ0) is 31.6. The number of carbonyl (C=O) groups is 3. The molecule has 2 amide bonds. The zero-order valence-corrected chi connectivity index (χ0v) is 25.5. The Kier molecular flexibility index (Phi) is 9.05. The van der Waals surface area contributed by atoms with Crippen molar-refractivity contribution >= 4 is 34.4 Å². The van der Waals surface area contributed by atoms with Crippen molar-refractivity contribution in [2.45, 2.75) is 58.5 Å². The quantitative estimate of drug-likeness (QED) is 0.316. The Bertz CT molecular complexity index is 1610. The number of halogens is 2. The third-order valence-corrected chi connectivity index (χ3v) is 8.20. The number of carbonyl (C=O) groups excluding carboxylic acids is 3. The number of rotatable bonds is 8. The monoisotopic (exact) mass is 608 g/mol. The lowest BCUT2D eigenvalue weighted by Gasteiger charge is -2.29. The lowest BCUT2D eigenvalue weighted by molar-refractivity contribution is -0.141. The molecule has 1 atom stereocenters. The topological polar surface area (TPSA) is 104 Å². The molecule has 234 valence electrons. The van der Waals surface area contributed by atoms with Gasteiger partial charge < -0.3 is 29.6 Å². The van der Waals surface area contributed by atoms with Crippen LogP contribution in [-0.2, 0) is 14.9 Å². The first-order valence-electron chi connectivity index (χ1n) is 15.0. The van der Waals surface area contributed by atoms with Crippen molar-refractivity contribution in [2.75, 3.05) is 32.7 Å². The Labute approximate surface area is 255 Å². The molecule has 2 aliphatic rings. The molecule has 0 spiro atoms. The van der Waals surface area contributed by atoms with Crippen molar-refractivity contribution in [3.05, 3.63) is 71.1 Å². The number of nitrogens with one attached hydrogen (secondary N) is 2. The highest BCUT2D eigenvalue weighted by atomic mass is 19.2. The van der Waals surface area contributed by atoms with E-state index in [0.717, 1.165) is 42.7 Å². The van der Waals surface area contributed by atoms with Gasteiger partial charge in [-0.15, -0.1) is 0 Å². The maximum Gasteiger partial charge on any atom is 0.412 e. The normalized spacial score (nSPS) is 17.0. The van der Waals surface area contributed by atoms with E-state index in [-0.39, 0.29) is 23.8 Å². The van der Waals surface area contributed by atoms with E-state index in [1.54, 1.807) is 19.1 Å². The Balaban J connectivity index is 1.47. The molecule has 2 aromatic carbocycles. The molecule has 3 heterocycles. The average molecular weight is 609 g/mol. The fraction of sp³-hybridized carbons (Fsp3) is 0.424. The summed E-state index contributed by atoms with van der Waals surface area (Å²) in [5.74, 6) is -3.10. The number of aromatic amines is 1. The van der Waals surface area contributed by atoms with E-state index in [2.05, 4.69) is 15.2 Å². The van der Waals surface area contributed by atoms with Gasteiger partial charge in [-0.25, -0.2) is 18.4 Å². The van der Waals surface area contributed by atoms with Crippen LogP contribution in [0.15, 0.2) is 42.6 Å². The summed E-state index contributed by atoms with van der Waals surface area (Å²) in [6.07, 6.45) is 3.41. The molecule has 2 N–H and O–H groups in total. The first-order chi connectivity index (χ1) is 21.0. The Hall–Kier alpha value is -4.25. The Morgan fingerprint density at radius 2 is 1.82 bits per heavy atom. The second kappa shape index (κ2) is 12.8. The van der Waals surface area contributed by atoms with E-state index in [4.69, 9.17) is 9.47 Å². The molecule has 1 unspecified atom stereocenters. The summed E-state index contributed by atoms with van der Waals surface area (Å²) in [5, 5.41) is 3.57. The predicted molar refractivity (Wildman–Crippen MR) is 162 cm³/mol. The number of esters is 1. The molecule has 0 radical (unpaired) electrons. The van der Waals surface area contributed by atoms with Crippen LogP contribution in [0.4, 0.5) is 13.6 Å². The number of hydrogen-bond acceptors (Lipinski definition) is 6. The van der Waals surface area contributed by atoms with Gasteiger partial charge in [0.05, 0.1) is 17.4 Å². The molecule has 9 nitrogen and oxygen atoms in total. The lowest BCUT2D eigenvalue weighted by Crippen LogP contribution is -2.37. The standard InChI is InChI=1S/C33H38F2N4O5/c1-5-20(2)43-31(41)24-18-39(30(40)21-8-11-25(34)26(35)16-21)19-33(3,4)28-23-10-9-22(17-27(23)37-29(24)28)44-32(42)36-12-15-38-13-6-7-14-38/h8-11,16-18,20,37H,5-7,12-15,19H2,1-4H3,(H,36,42). The minimum atomic E-state index is -1.14. The lowest BCUT2D eigenvalue weighted by atomic mass is 9.81. The van der Waals surface area contributed by atoms with E-state index in [9.17, 15) is 23.2 Å². The second-order valence-corrected chi connectivity index (χ2v) is 12.1. The van der Waals surface area contributed by atoms with E-state index in [0.29, 0.717) is 29.9 Å². The van der Waals surface area contributed by atoms with E-state index in [1.807, 2.05) is 26.8 Å². The van der Waals surface area contributed by atoms with Crippen molar-refractivity contribution < 1.29 is 32.6 Å². The SMILES string of the molecule is CCC(C)OC(=O)C1=CN(C(=O)c2ccc(F)c(F)c2)CC(C)(C)c2c1[nH]c1cc(OC(=O)NCCN3CCCC3)ccc21. The third kappa shape index (κ3) is 6.62. The highest BCUT2D eigenvalue weighted by molar-refractivity contribution is 6.18. The smallest absolute Gasteiger partial charge is 0.412 e. The summed E-state index contributed by atoms with van der Waals surface area (Å²) < 4.78 is 38.9. The molecule has 1 saturated heterocycles. The van der Waals surface area contributed by atoms with Crippen molar-refractivity contribution in [1.29, 1.82) is 0 Å². The van der Waals surface area contributed by atoms with Crippen molar-refractivity contribution in [3.63, 3.8) is 0 Å². The largest absolute Gasteiger partial charge is 0.459 e. The van der Waals surface area contributed by atoms with Gasteiger partial charge in [-0.2, -0.15) is 0 Å². The number of fused-ring (bicyclic) bond motifs is 3. The van der Waals surface area contributed by atoms with Crippen molar-refractivity contribution in [1.82, 2.24) is 20.1 Å². The molecule has 0 saturated carbocycles. The first kappa shape index (κ1) is 31.2. The van der Waals surface area contributed by atoms with Gasteiger partial charge in [0.25, 0.3) is 5.91 Å². The van der Waals surface area contributed by atoms with Gasteiger partial charge >= 0.3 is 12.1 Å². The first-order valence-corrected chi connectivity index (χ1v) is 15.0. The molecule has 0 bridgehead atoms. The second-order valence-electron chi connectivity index (χ2n) is 12.1. The van der Waals surface area contributed by atoms with Gasteiger partial charge in [0.15, 0.2) is 11.6 Å². The van der Waals surface area contributed by atoms with Gasteiger partial charge in [-0.1, -0.05) is 20.8 Å². The molecule has 3 aromatic rings. The number of likely N-dealkylation sites (tertiary alicyclic amines) is 1. The molecule has 11 heteroatoms. The number of nitrogens with zero attached hydrogens (tertiary/aromatic N) is 2. The molecular weight excluding hydrogens is 570 g/mol. The number of H-pyrrole nitrogens is 1. The minimum Gasteiger partial charge on any atom is -0.459 e. The Morgan fingerprint density at radius 1 is 1.07 bits per heavy atom. The van der Waals surface area contributed by atoms with Gasteiger partial charge in [-0.3, -0.25) is 4.79 Å². The fourth-order valence-corrected chi connectivity index (χ4v) is 5.79. The summed E-state index contributed by atoms with van der Waals surface area (Å²) >= 11 is 0. The van der Waals surface area contributed by atoms with Crippen LogP contribution in [0.3, 0.4) is 0 Å². The summed E-state index contributed by atoms with van der Waals surface area (Å²) in [6, 6.07) is 8.15. The van der Waals surface area contributed by atoms with Gasteiger partial charge in [0.1, 0.15) is 5.75 Å². The van der Waals surface area contributed by atoms with Crippen LogP contribution in [0, 0.1) is 11.6 Å². The van der Waals surface area contributed by atoms with Crippen LogP contribution in [-0.4, -0.2) is 71.6 Å². The summed E-state index contributed by atoms with van der Waals surface area (Å²) in [5.41, 5.74) is 1.20. The number of aromatic nitrogens is 1. The average Bonchev–Trinajstić information content (AvgIpc) is 3.61. The van der Waals surface area contributed by atoms with Crippen LogP contribution >= 0.6 is 0 Å². The highest BCUT2D eigenvalue weighted by Crippen LogP contribution is 2.41. The van der Waals surface area contributed by atoms with Gasteiger partial charge in [0.2, 0.25) is 0 Å². The minimum absolute atomic E-state index is 0.0542. The van der Waals surface area contributed by atoms with Crippen molar-refractivity contribution in [2.24, 2.45) is 0 Å². The third-order valence-electron chi connectivity index (χ3n) is 8.20. The Morgan fingerprint density at radius 3 is 2.52 bits per heavy atom. The fourth-order valence-electron chi connectivity index (χ4n) is 5.79. The molecule has 0 aliphatic carbocycles. The van der Waals surface area contributed by atoms with E-state index in [1.165, 1.54) is 30.0 Å². The van der Waals surface area contributed by atoms with Crippen molar-refractivity contribution in [3.8, 4) is 5.75 Å².